The molecule has 12 heavy (non-hydrogen) atoms. The molecular formula is C10H15NO. The van der Waals surface area contributed by atoms with E-state index in [1.807, 2.05) is 0 Å². The predicted octanol–water partition coefficient (Wildman–Crippen LogP) is 1.17. The van der Waals surface area contributed by atoms with Crippen molar-refractivity contribution in [1.29, 1.82) is 0 Å². The highest BCUT2D eigenvalue weighted by Crippen LogP contribution is 2.61. The monoisotopic (exact) mass is 165 g/mol. The Bertz CT molecular complexity index is 250. The Balaban J connectivity index is 2.06. The molecule has 0 radical (unpaired) electrons. The van der Waals surface area contributed by atoms with Gasteiger partial charge in [0.1, 0.15) is 0 Å². The van der Waals surface area contributed by atoms with Crippen LogP contribution in [0.4, 0.5) is 0 Å². The summed E-state index contributed by atoms with van der Waals surface area (Å²) < 4.78 is 0. The number of amides is 1. The van der Waals surface area contributed by atoms with Gasteiger partial charge in [0.2, 0.25) is 5.91 Å². The van der Waals surface area contributed by atoms with Gasteiger partial charge in [-0.25, -0.2) is 0 Å². The van der Waals surface area contributed by atoms with Crippen LogP contribution in [0.1, 0.15) is 26.2 Å². The maximum Gasteiger partial charge on any atom is 0.226 e. The van der Waals surface area contributed by atoms with Gasteiger partial charge in [-0.3, -0.25) is 4.79 Å². The summed E-state index contributed by atoms with van der Waals surface area (Å²) >= 11 is 0. The highest BCUT2D eigenvalue weighted by Gasteiger charge is 2.61. The van der Waals surface area contributed by atoms with Crippen LogP contribution in [0.3, 0.4) is 0 Å². The van der Waals surface area contributed by atoms with Crippen LogP contribution in [0, 0.1) is 23.2 Å². The standard InChI is InChI=1S/C10H15NO/c1-10-7-3-2-6(4-7)8(10)5-11-9(10)12/h6-8H,2-5H2,1H3,(H,11,12)/t6-,7+,8?,10+/m1/s1. The maximum atomic E-state index is 11.7. The summed E-state index contributed by atoms with van der Waals surface area (Å²) in [4.78, 5) is 11.7. The average molecular weight is 165 g/mol. The molecule has 0 aromatic heterocycles. The number of hydrogen-bond acceptors (Lipinski definition) is 1. The van der Waals surface area contributed by atoms with Gasteiger partial charge < -0.3 is 5.32 Å². The molecule has 3 fully saturated rings. The molecular weight excluding hydrogens is 150 g/mol. The molecule has 2 nitrogen and oxygen atoms in total. The van der Waals surface area contributed by atoms with Crippen molar-refractivity contribution >= 4 is 5.91 Å². The lowest BCUT2D eigenvalue weighted by Gasteiger charge is -2.32. The molecule has 2 aliphatic carbocycles. The minimum Gasteiger partial charge on any atom is -0.355 e. The van der Waals surface area contributed by atoms with Crippen molar-refractivity contribution in [1.82, 2.24) is 5.32 Å². The van der Waals surface area contributed by atoms with E-state index in [9.17, 15) is 4.79 Å². The van der Waals surface area contributed by atoms with Gasteiger partial charge in [0.15, 0.2) is 0 Å². The Kier molecular flexibility index (Phi) is 1.07. The minimum absolute atomic E-state index is 0.0307. The van der Waals surface area contributed by atoms with Crippen LogP contribution in [-0.2, 0) is 4.79 Å². The molecule has 2 heteroatoms. The Morgan fingerprint density at radius 2 is 2.33 bits per heavy atom. The molecule has 1 heterocycles. The van der Waals surface area contributed by atoms with Crippen LogP contribution < -0.4 is 5.32 Å². The van der Waals surface area contributed by atoms with Crippen molar-refractivity contribution in [3.63, 3.8) is 0 Å². The van der Waals surface area contributed by atoms with Crippen molar-refractivity contribution in [2.45, 2.75) is 26.2 Å². The zero-order chi connectivity index (χ0) is 8.34. The minimum atomic E-state index is 0.0307. The van der Waals surface area contributed by atoms with Gasteiger partial charge in [0.25, 0.3) is 0 Å². The molecule has 1 unspecified atom stereocenters. The van der Waals surface area contributed by atoms with Gasteiger partial charge in [0, 0.05) is 6.54 Å². The van der Waals surface area contributed by atoms with E-state index in [0.29, 0.717) is 17.7 Å². The first-order valence-corrected chi connectivity index (χ1v) is 5.01. The largest absolute Gasteiger partial charge is 0.355 e. The second-order valence-corrected chi connectivity index (χ2v) is 4.87. The van der Waals surface area contributed by atoms with Crippen LogP contribution in [0.25, 0.3) is 0 Å². The number of carbonyl (C=O) groups is 1. The number of nitrogens with one attached hydrogen (secondary N) is 1. The summed E-state index contributed by atoms with van der Waals surface area (Å²) in [5.74, 6) is 2.57. The summed E-state index contributed by atoms with van der Waals surface area (Å²) in [6, 6.07) is 0. The summed E-state index contributed by atoms with van der Waals surface area (Å²) in [6.45, 7) is 3.14. The highest BCUT2D eigenvalue weighted by atomic mass is 16.2. The first kappa shape index (κ1) is 6.93. The van der Waals surface area contributed by atoms with E-state index in [2.05, 4.69) is 12.2 Å². The van der Waals surface area contributed by atoms with Crippen molar-refractivity contribution in [3.8, 4) is 0 Å². The van der Waals surface area contributed by atoms with E-state index in [4.69, 9.17) is 0 Å². The lowest BCUT2D eigenvalue weighted by molar-refractivity contribution is -0.130. The summed E-state index contributed by atoms with van der Waals surface area (Å²) in [5.41, 5.74) is 0.0307. The SMILES string of the molecule is C[C@@]12C(=O)NCC1[C@@H]1CC[C@H]2C1. The van der Waals surface area contributed by atoms with Crippen LogP contribution in [0.5, 0.6) is 0 Å². The molecule has 2 bridgehead atoms. The molecule has 66 valence electrons. The third-order valence-corrected chi connectivity index (χ3v) is 4.63. The van der Waals surface area contributed by atoms with Crippen molar-refractivity contribution in [2.24, 2.45) is 23.2 Å². The summed E-state index contributed by atoms with van der Waals surface area (Å²) in [6.07, 6.45) is 4.00. The third kappa shape index (κ3) is 0.540. The van der Waals surface area contributed by atoms with E-state index in [0.717, 1.165) is 12.5 Å². The third-order valence-electron chi connectivity index (χ3n) is 4.63. The lowest BCUT2D eigenvalue weighted by Crippen LogP contribution is -2.36. The van der Waals surface area contributed by atoms with Crippen LogP contribution >= 0.6 is 0 Å². The van der Waals surface area contributed by atoms with Crippen molar-refractivity contribution in [2.75, 3.05) is 6.54 Å². The zero-order valence-electron chi connectivity index (χ0n) is 7.47. The predicted molar refractivity (Wildman–Crippen MR) is 45.4 cm³/mol. The number of hydrogen-bond donors (Lipinski definition) is 1. The number of carbonyl (C=O) groups excluding carboxylic acids is 1. The highest BCUT2D eigenvalue weighted by molar-refractivity contribution is 5.86. The molecule has 4 atom stereocenters. The van der Waals surface area contributed by atoms with Gasteiger partial charge in [-0.15, -0.1) is 0 Å². The Hall–Kier alpha value is -0.530. The van der Waals surface area contributed by atoms with E-state index in [1.165, 1.54) is 19.3 Å². The Morgan fingerprint density at radius 1 is 1.50 bits per heavy atom. The topological polar surface area (TPSA) is 29.1 Å². The van der Waals surface area contributed by atoms with Crippen molar-refractivity contribution in [3.05, 3.63) is 0 Å². The van der Waals surface area contributed by atoms with Crippen LogP contribution in [0.2, 0.25) is 0 Å². The molecule has 3 aliphatic rings. The fourth-order valence-corrected chi connectivity index (χ4v) is 3.84. The average Bonchev–Trinajstić information content (AvgIpc) is 2.65. The summed E-state index contributed by atoms with van der Waals surface area (Å²) in [7, 11) is 0. The van der Waals surface area contributed by atoms with E-state index in [1.54, 1.807) is 0 Å². The lowest BCUT2D eigenvalue weighted by atomic mass is 9.69. The van der Waals surface area contributed by atoms with E-state index < -0.39 is 0 Å². The van der Waals surface area contributed by atoms with Crippen LogP contribution in [-0.4, -0.2) is 12.5 Å². The molecule has 3 rings (SSSR count). The second kappa shape index (κ2) is 1.86. The number of fused-ring (bicyclic) bond motifs is 5. The van der Waals surface area contributed by atoms with Gasteiger partial charge >= 0.3 is 0 Å². The van der Waals surface area contributed by atoms with Gasteiger partial charge in [-0.05, 0) is 37.0 Å². The molecule has 0 aromatic carbocycles. The molecule has 1 aliphatic heterocycles. The van der Waals surface area contributed by atoms with Gasteiger partial charge in [0.05, 0.1) is 5.41 Å². The van der Waals surface area contributed by atoms with Gasteiger partial charge in [-0.2, -0.15) is 0 Å². The molecule has 1 N–H and O–H groups in total. The quantitative estimate of drug-likeness (QED) is 0.573. The molecule has 1 amide bonds. The fourth-order valence-electron chi connectivity index (χ4n) is 3.84. The molecule has 0 aromatic rings. The normalized spacial score (nSPS) is 55.8. The maximum absolute atomic E-state index is 11.7. The first-order chi connectivity index (χ1) is 5.73. The zero-order valence-corrected chi connectivity index (χ0v) is 7.47. The van der Waals surface area contributed by atoms with Crippen LogP contribution in [0.15, 0.2) is 0 Å². The van der Waals surface area contributed by atoms with E-state index >= 15 is 0 Å². The molecule has 2 saturated carbocycles. The van der Waals surface area contributed by atoms with Gasteiger partial charge in [-0.1, -0.05) is 6.92 Å². The number of rotatable bonds is 0. The van der Waals surface area contributed by atoms with E-state index in [-0.39, 0.29) is 5.41 Å². The molecule has 1 saturated heterocycles. The second-order valence-electron chi connectivity index (χ2n) is 4.87. The Labute approximate surface area is 72.7 Å². The van der Waals surface area contributed by atoms with Crippen molar-refractivity contribution < 1.29 is 4.79 Å². The molecule has 0 spiro atoms. The summed E-state index contributed by atoms with van der Waals surface area (Å²) in [5, 5.41) is 3.02. The Morgan fingerprint density at radius 3 is 3.08 bits per heavy atom. The first-order valence-electron chi connectivity index (χ1n) is 5.01. The smallest absolute Gasteiger partial charge is 0.226 e. The fraction of sp³-hybridized carbons (Fsp3) is 0.900.